The Balaban J connectivity index is 2.27. The van der Waals surface area contributed by atoms with Gasteiger partial charge in [0.1, 0.15) is 16.4 Å². The Bertz CT molecular complexity index is 553. The number of rotatable bonds is 5. The van der Waals surface area contributed by atoms with Crippen LogP contribution in [0.25, 0.3) is 0 Å². The molecule has 0 aliphatic carbocycles. The van der Waals surface area contributed by atoms with Gasteiger partial charge in [-0.05, 0) is 31.5 Å². The lowest BCUT2D eigenvalue weighted by atomic mass is 10.1. The summed E-state index contributed by atoms with van der Waals surface area (Å²) in [5.74, 6) is 0.787. The molecule has 0 unspecified atom stereocenters. The molecule has 7 heteroatoms. The van der Waals surface area contributed by atoms with Crippen LogP contribution < -0.4 is 19.5 Å². The maximum atomic E-state index is 12.5. The van der Waals surface area contributed by atoms with Crippen molar-refractivity contribution in [3.8, 4) is 11.5 Å². The first-order valence-electron chi connectivity index (χ1n) is 6.52. The Labute approximate surface area is 119 Å². The van der Waals surface area contributed by atoms with Gasteiger partial charge >= 0.3 is 0 Å². The van der Waals surface area contributed by atoms with E-state index in [-0.39, 0.29) is 10.9 Å². The number of piperidine rings is 1. The quantitative estimate of drug-likeness (QED) is 0.838. The van der Waals surface area contributed by atoms with Crippen molar-refractivity contribution in [1.29, 1.82) is 0 Å². The first-order valence-corrected chi connectivity index (χ1v) is 8.00. The average molecular weight is 300 g/mol. The molecule has 2 N–H and O–H groups in total. The minimum absolute atomic E-state index is 0.0929. The van der Waals surface area contributed by atoms with Gasteiger partial charge in [0, 0.05) is 18.7 Å². The molecule has 1 aliphatic rings. The van der Waals surface area contributed by atoms with E-state index < -0.39 is 10.0 Å². The molecular formula is C13H20N2O4S. The highest BCUT2D eigenvalue weighted by atomic mass is 32.2. The van der Waals surface area contributed by atoms with Gasteiger partial charge in [-0.1, -0.05) is 0 Å². The second-order valence-electron chi connectivity index (χ2n) is 4.68. The summed E-state index contributed by atoms with van der Waals surface area (Å²) in [6.07, 6.45) is 1.79. The molecule has 112 valence electrons. The van der Waals surface area contributed by atoms with Crippen LogP contribution in [0.5, 0.6) is 11.5 Å². The third kappa shape index (κ3) is 3.41. The highest BCUT2D eigenvalue weighted by Crippen LogP contribution is 2.28. The largest absolute Gasteiger partial charge is 0.497 e. The van der Waals surface area contributed by atoms with Crippen LogP contribution in [-0.4, -0.2) is 41.8 Å². The molecule has 1 heterocycles. The molecule has 0 aromatic heterocycles. The Morgan fingerprint density at radius 1 is 1.30 bits per heavy atom. The first-order chi connectivity index (χ1) is 9.56. The van der Waals surface area contributed by atoms with Gasteiger partial charge in [0.05, 0.1) is 14.2 Å². The summed E-state index contributed by atoms with van der Waals surface area (Å²) in [6, 6.07) is 4.63. The van der Waals surface area contributed by atoms with E-state index >= 15 is 0 Å². The van der Waals surface area contributed by atoms with Crippen molar-refractivity contribution >= 4 is 10.0 Å². The molecule has 2 rings (SSSR count). The van der Waals surface area contributed by atoms with Gasteiger partial charge in [-0.25, -0.2) is 13.1 Å². The topological polar surface area (TPSA) is 76.7 Å². The molecule has 6 nitrogen and oxygen atoms in total. The molecule has 0 saturated carbocycles. The minimum atomic E-state index is -3.63. The summed E-state index contributed by atoms with van der Waals surface area (Å²) in [7, 11) is -0.686. The van der Waals surface area contributed by atoms with Gasteiger partial charge in [0.15, 0.2) is 0 Å². The number of hydrogen-bond donors (Lipinski definition) is 2. The predicted molar refractivity (Wildman–Crippen MR) is 75.8 cm³/mol. The summed E-state index contributed by atoms with van der Waals surface area (Å²) in [5.41, 5.74) is 0. The van der Waals surface area contributed by atoms with Crippen LogP contribution in [0.15, 0.2) is 23.1 Å². The van der Waals surface area contributed by atoms with Crippen molar-refractivity contribution in [1.82, 2.24) is 10.0 Å². The van der Waals surface area contributed by atoms with Crippen LogP contribution in [0.2, 0.25) is 0 Å². The molecule has 1 fully saturated rings. The molecule has 1 aromatic carbocycles. The van der Waals surface area contributed by atoms with E-state index in [0.717, 1.165) is 19.4 Å². The Morgan fingerprint density at radius 2 is 2.10 bits per heavy atom. The molecule has 0 bridgehead atoms. The van der Waals surface area contributed by atoms with Crippen LogP contribution in [0.4, 0.5) is 0 Å². The Morgan fingerprint density at radius 3 is 2.70 bits per heavy atom. The van der Waals surface area contributed by atoms with E-state index in [1.807, 2.05) is 0 Å². The lowest BCUT2D eigenvalue weighted by Crippen LogP contribution is -2.45. The highest BCUT2D eigenvalue weighted by molar-refractivity contribution is 7.89. The first kappa shape index (κ1) is 15.1. The highest BCUT2D eigenvalue weighted by Gasteiger charge is 2.25. The summed E-state index contributed by atoms with van der Waals surface area (Å²) in [5, 5.41) is 3.18. The molecular weight excluding hydrogens is 280 g/mol. The zero-order chi connectivity index (χ0) is 14.6. The SMILES string of the molecule is COc1ccc(OC)c(S(=O)(=O)N[C@H]2CCCNC2)c1. The fourth-order valence-corrected chi connectivity index (χ4v) is 3.68. The van der Waals surface area contributed by atoms with Gasteiger partial charge in [-0.2, -0.15) is 0 Å². The van der Waals surface area contributed by atoms with E-state index in [2.05, 4.69) is 10.0 Å². The van der Waals surface area contributed by atoms with Crippen molar-refractivity contribution in [2.45, 2.75) is 23.8 Å². The molecule has 20 heavy (non-hydrogen) atoms. The van der Waals surface area contributed by atoms with Crippen molar-refractivity contribution in [3.63, 3.8) is 0 Å². The number of hydrogen-bond acceptors (Lipinski definition) is 5. The van der Waals surface area contributed by atoms with Crippen LogP contribution >= 0.6 is 0 Å². The van der Waals surface area contributed by atoms with Gasteiger partial charge in [0.25, 0.3) is 0 Å². The molecule has 0 spiro atoms. The summed E-state index contributed by atoms with van der Waals surface area (Å²) in [4.78, 5) is 0.102. The van der Waals surface area contributed by atoms with E-state index in [9.17, 15) is 8.42 Å². The third-order valence-corrected chi connectivity index (χ3v) is 4.82. The molecule has 1 saturated heterocycles. The second-order valence-corrected chi connectivity index (χ2v) is 6.36. The molecule has 1 atom stereocenters. The van der Waals surface area contributed by atoms with Crippen molar-refractivity contribution in [2.24, 2.45) is 0 Å². The van der Waals surface area contributed by atoms with Gasteiger partial charge in [0.2, 0.25) is 10.0 Å². The Kier molecular flexibility index (Phi) is 4.85. The summed E-state index contributed by atoms with van der Waals surface area (Å²) < 4.78 is 37.9. The van der Waals surface area contributed by atoms with Crippen molar-refractivity contribution in [2.75, 3.05) is 27.3 Å². The van der Waals surface area contributed by atoms with Crippen molar-refractivity contribution in [3.05, 3.63) is 18.2 Å². The standard InChI is InChI=1S/C13H20N2O4S/c1-18-11-5-6-12(19-2)13(8-11)20(16,17)15-10-4-3-7-14-9-10/h5-6,8,10,14-15H,3-4,7,9H2,1-2H3/t10-/m0/s1. The lowest BCUT2D eigenvalue weighted by molar-refractivity contribution is 0.390. The van der Waals surface area contributed by atoms with E-state index in [1.165, 1.54) is 20.3 Å². The van der Waals surface area contributed by atoms with Gasteiger partial charge in [-0.15, -0.1) is 0 Å². The number of benzene rings is 1. The number of ether oxygens (including phenoxy) is 2. The third-order valence-electron chi connectivity index (χ3n) is 3.28. The molecule has 1 aliphatic heterocycles. The fourth-order valence-electron chi connectivity index (χ4n) is 2.23. The maximum absolute atomic E-state index is 12.5. The maximum Gasteiger partial charge on any atom is 0.244 e. The van der Waals surface area contributed by atoms with E-state index in [4.69, 9.17) is 9.47 Å². The molecule has 1 aromatic rings. The Hall–Kier alpha value is -1.31. The minimum Gasteiger partial charge on any atom is -0.497 e. The van der Waals surface area contributed by atoms with Crippen molar-refractivity contribution < 1.29 is 17.9 Å². The van der Waals surface area contributed by atoms with E-state index in [0.29, 0.717) is 18.0 Å². The van der Waals surface area contributed by atoms with Gasteiger partial charge in [-0.3, -0.25) is 0 Å². The molecule has 0 amide bonds. The van der Waals surface area contributed by atoms with Gasteiger partial charge < -0.3 is 14.8 Å². The van der Waals surface area contributed by atoms with Crippen LogP contribution in [0, 0.1) is 0 Å². The zero-order valence-corrected chi connectivity index (χ0v) is 12.5. The smallest absolute Gasteiger partial charge is 0.244 e. The lowest BCUT2D eigenvalue weighted by Gasteiger charge is -2.24. The second kappa shape index (κ2) is 6.43. The zero-order valence-electron chi connectivity index (χ0n) is 11.7. The normalized spacial score (nSPS) is 19.6. The van der Waals surface area contributed by atoms with Crippen LogP contribution in [0.1, 0.15) is 12.8 Å². The number of nitrogens with one attached hydrogen (secondary N) is 2. The number of methoxy groups -OCH3 is 2. The number of sulfonamides is 1. The fraction of sp³-hybridized carbons (Fsp3) is 0.538. The molecule has 0 radical (unpaired) electrons. The van der Waals surface area contributed by atoms with E-state index in [1.54, 1.807) is 12.1 Å². The van der Waals surface area contributed by atoms with Crippen LogP contribution in [0.3, 0.4) is 0 Å². The monoisotopic (exact) mass is 300 g/mol. The van der Waals surface area contributed by atoms with Crippen LogP contribution in [-0.2, 0) is 10.0 Å². The summed E-state index contributed by atoms with van der Waals surface area (Å²) >= 11 is 0. The average Bonchev–Trinajstić information content (AvgIpc) is 2.47. The predicted octanol–water partition coefficient (Wildman–Crippen LogP) is 0.734. The summed E-state index contributed by atoms with van der Waals surface area (Å²) in [6.45, 7) is 1.58.